The number of pyridine rings is 1. The summed E-state index contributed by atoms with van der Waals surface area (Å²) in [4.78, 5) is 14.8. The molecule has 7 heteroatoms. The summed E-state index contributed by atoms with van der Waals surface area (Å²) in [5, 5.41) is 0.217. The van der Waals surface area contributed by atoms with E-state index in [1.165, 1.54) is 0 Å². The number of rotatable bonds is 5. The van der Waals surface area contributed by atoms with Gasteiger partial charge in [0.2, 0.25) is 0 Å². The van der Waals surface area contributed by atoms with Crippen molar-refractivity contribution >= 4 is 21.9 Å². The Labute approximate surface area is 110 Å². The van der Waals surface area contributed by atoms with Crippen molar-refractivity contribution in [2.24, 2.45) is 0 Å². The number of alkyl halides is 3. The average Bonchev–Trinajstić information content (AvgIpc) is 2.30. The van der Waals surface area contributed by atoms with Crippen LogP contribution in [0.15, 0.2) is 6.07 Å². The molecule has 0 fully saturated rings. The van der Waals surface area contributed by atoms with Crippen LogP contribution in [0.25, 0.3) is 0 Å². The van der Waals surface area contributed by atoms with Gasteiger partial charge in [0, 0.05) is 5.33 Å². The van der Waals surface area contributed by atoms with Crippen LogP contribution in [-0.4, -0.2) is 17.6 Å². The molecule has 0 N–H and O–H groups in total. The van der Waals surface area contributed by atoms with E-state index in [0.29, 0.717) is 5.56 Å². The molecule has 0 amide bonds. The zero-order chi connectivity index (χ0) is 13.7. The molecular formula is C11H11BrF3NO2. The molecule has 1 rings (SSSR count). The van der Waals surface area contributed by atoms with Crippen LogP contribution in [0, 0.1) is 5.82 Å². The van der Waals surface area contributed by atoms with Crippen LogP contribution in [0.3, 0.4) is 0 Å². The first kappa shape index (κ1) is 14.9. The van der Waals surface area contributed by atoms with Gasteiger partial charge in [0.25, 0.3) is 6.43 Å². The highest BCUT2D eigenvalue weighted by Gasteiger charge is 2.20. The number of esters is 1. The van der Waals surface area contributed by atoms with Crippen LogP contribution in [0.1, 0.15) is 30.3 Å². The van der Waals surface area contributed by atoms with E-state index < -0.39 is 23.9 Å². The van der Waals surface area contributed by atoms with Gasteiger partial charge in [-0.2, -0.15) is 0 Å². The second-order valence-corrected chi connectivity index (χ2v) is 3.94. The summed E-state index contributed by atoms with van der Waals surface area (Å²) in [7, 11) is 0. The van der Waals surface area contributed by atoms with Crippen LogP contribution in [-0.2, 0) is 21.3 Å². The second kappa shape index (κ2) is 6.72. The number of hydrogen-bond acceptors (Lipinski definition) is 3. The molecule has 1 aromatic rings. The fourth-order valence-corrected chi connectivity index (χ4v) is 1.84. The first-order valence-corrected chi connectivity index (χ1v) is 6.29. The lowest BCUT2D eigenvalue weighted by Crippen LogP contribution is -2.12. The molecule has 0 aliphatic rings. The van der Waals surface area contributed by atoms with Gasteiger partial charge in [0.05, 0.1) is 18.7 Å². The number of nitrogens with zero attached hydrogens (tertiary/aromatic N) is 1. The average molecular weight is 326 g/mol. The third-order valence-corrected chi connectivity index (χ3v) is 2.74. The number of ether oxygens (including phenoxy) is 1. The van der Waals surface area contributed by atoms with Crippen molar-refractivity contribution in [1.82, 2.24) is 4.98 Å². The Morgan fingerprint density at radius 1 is 1.56 bits per heavy atom. The Hall–Kier alpha value is -1.11. The Balaban J connectivity index is 3.08. The van der Waals surface area contributed by atoms with Gasteiger partial charge in [0.1, 0.15) is 5.69 Å². The third-order valence-electron chi connectivity index (χ3n) is 2.14. The molecule has 0 bridgehead atoms. The fourth-order valence-electron chi connectivity index (χ4n) is 1.35. The maximum Gasteiger partial charge on any atom is 0.311 e. The minimum Gasteiger partial charge on any atom is -0.466 e. The van der Waals surface area contributed by atoms with E-state index in [1.54, 1.807) is 6.92 Å². The molecule has 3 nitrogen and oxygen atoms in total. The predicted octanol–water partition coefficient (Wildman–Crippen LogP) is 3.16. The minimum absolute atomic E-state index is 0.0991. The molecule has 18 heavy (non-hydrogen) atoms. The predicted molar refractivity (Wildman–Crippen MR) is 62.1 cm³/mol. The van der Waals surface area contributed by atoms with Gasteiger partial charge in [-0.3, -0.25) is 4.79 Å². The Bertz CT molecular complexity index is 441. The topological polar surface area (TPSA) is 39.2 Å². The van der Waals surface area contributed by atoms with Crippen molar-refractivity contribution in [2.75, 3.05) is 6.61 Å². The minimum atomic E-state index is -3.02. The van der Waals surface area contributed by atoms with Crippen molar-refractivity contribution in [3.05, 3.63) is 28.8 Å². The molecule has 0 saturated carbocycles. The van der Waals surface area contributed by atoms with Crippen molar-refractivity contribution in [3.63, 3.8) is 0 Å². The molecule has 0 spiro atoms. The van der Waals surface area contributed by atoms with Crippen molar-refractivity contribution in [1.29, 1.82) is 0 Å². The van der Waals surface area contributed by atoms with E-state index in [2.05, 4.69) is 20.9 Å². The maximum absolute atomic E-state index is 13.3. The smallest absolute Gasteiger partial charge is 0.311 e. The van der Waals surface area contributed by atoms with Gasteiger partial charge in [-0.1, -0.05) is 15.9 Å². The van der Waals surface area contributed by atoms with E-state index in [9.17, 15) is 18.0 Å². The lowest BCUT2D eigenvalue weighted by molar-refractivity contribution is -0.142. The third kappa shape index (κ3) is 3.69. The number of carbonyl (C=O) groups is 1. The van der Waals surface area contributed by atoms with Crippen LogP contribution in [0.4, 0.5) is 13.2 Å². The van der Waals surface area contributed by atoms with E-state index in [-0.39, 0.29) is 24.1 Å². The first-order chi connectivity index (χ1) is 8.49. The van der Waals surface area contributed by atoms with Gasteiger partial charge in [-0.25, -0.2) is 18.2 Å². The lowest BCUT2D eigenvalue weighted by Gasteiger charge is -2.09. The van der Waals surface area contributed by atoms with Gasteiger partial charge < -0.3 is 4.74 Å². The summed E-state index contributed by atoms with van der Waals surface area (Å²) >= 11 is 3.09. The van der Waals surface area contributed by atoms with Crippen LogP contribution in [0.5, 0.6) is 0 Å². The molecule has 0 unspecified atom stereocenters. The van der Waals surface area contributed by atoms with Crippen LogP contribution >= 0.6 is 15.9 Å². The van der Waals surface area contributed by atoms with Gasteiger partial charge in [0.15, 0.2) is 5.82 Å². The zero-order valence-corrected chi connectivity index (χ0v) is 11.1. The summed E-state index contributed by atoms with van der Waals surface area (Å²) in [5.41, 5.74) is -0.494. The highest BCUT2D eigenvalue weighted by molar-refractivity contribution is 9.08. The molecule has 0 radical (unpaired) electrons. The van der Waals surface area contributed by atoms with Gasteiger partial charge >= 0.3 is 5.97 Å². The molecule has 0 aliphatic carbocycles. The summed E-state index contributed by atoms with van der Waals surface area (Å²) < 4.78 is 43.0. The largest absolute Gasteiger partial charge is 0.466 e. The molecule has 100 valence electrons. The highest BCUT2D eigenvalue weighted by Crippen LogP contribution is 2.23. The van der Waals surface area contributed by atoms with Crippen LogP contribution in [0.2, 0.25) is 0 Å². The van der Waals surface area contributed by atoms with Gasteiger partial charge in [-0.15, -0.1) is 0 Å². The molecule has 1 heterocycles. The molecule has 0 aromatic carbocycles. The lowest BCUT2D eigenvalue weighted by atomic mass is 10.1. The summed E-state index contributed by atoms with van der Waals surface area (Å²) in [6.45, 7) is 1.82. The Morgan fingerprint density at radius 2 is 2.22 bits per heavy atom. The number of halogens is 4. The summed E-state index contributed by atoms with van der Waals surface area (Å²) in [5.74, 6) is -1.66. The van der Waals surface area contributed by atoms with Crippen molar-refractivity contribution in [3.8, 4) is 0 Å². The van der Waals surface area contributed by atoms with E-state index >= 15 is 0 Å². The number of aromatic nitrogens is 1. The molecule has 1 aromatic heterocycles. The molecule has 0 saturated heterocycles. The zero-order valence-electron chi connectivity index (χ0n) is 9.55. The Morgan fingerprint density at radius 3 is 2.72 bits per heavy atom. The maximum atomic E-state index is 13.3. The van der Waals surface area contributed by atoms with Crippen molar-refractivity contribution < 1.29 is 22.7 Å². The number of carbonyl (C=O) groups excluding carboxylic acids is 1. The van der Waals surface area contributed by atoms with E-state index in [1.807, 2.05) is 0 Å². The number of hydrogen-bond donors (Lipinski definition) is 0. The van der Waals surface area contributed by atoms with E-state index in [4.69, 9.17) is 4.74 Å². The van der Waals surface area contributed by atoms with Crippen molar-refractivity contribution in [2.45, 2.75) is 25.1 Å². The summed E-state index contributed by atoms with van der Waals surface area (Å²) in [6.07, 6.45) is -3.27. The SMILES string of the molecule is CCOC(=O)Cc1nc(C(F)F)c(F)cc1CBr. The Kier molecular flexibility index (Phi) is 5.58. The fraction of sp³-hybridized carbons (Fsp3) is 0.455. The standard InChI is InChI=1S/C11H11BrF3NO2/c1-2-18-9(17)4-8-6(5-12)3-7(13)10(16-8)11(14)15/h3,11H,2,4-5H2,1H3. The summed E-state index contributed by atoms with van der Waals surface area (Å²) in [6, 6.07) is 0.956. The highest BCUT2D eigenvalue weighted by atomic mass is 79.9. The monoisotopic (exact) mass is 325 g/mol. The quantitative estimate of drug-likeness (QED) is 0.616. The second-order valence-electron chi connectivity index (χ2n) is 3.38. The van der Waals surface area contributed by atoms with E-state index in [0.717, 1.165) is 6.07 Å². The molecule has 0 atom stereocenters. The first-order valence-electron chi connectivity index (χ1n) is 5.17. The van der Waals surface area contributed by atoms with Gasteiger partial charge in [-0.05, 0) is 18.6 Å². The molecular weight excluding hydrogens is 315 g/mol. The molecule has 0 aliphatic heterocycles. The van der Waals surface area contributed by atoms with Crippen LogP contribution < -0.4 is 0 Å². The normalized spacial score (nSPS) is 10.8.